The van der Waals surface area contributed by atoms with Gasteiger partial charge in [-0.25, -0.2) is 0 Å². The van der Waals surface area contributed by atoms with E-state index in [9.17, 15) is 9.90 Å². The molecule has 1 unspecified atom stereocenters. The summed E-state index contributed by atoms with van der Waals surface area (Å²) in [5.74, 6) is 0.397. The van der Waals surface area contributed by atoms with E-state index in [1.165, 1.54) is 7.11 Å². The molecule has 7 heteroatoms. The molecule has 5 rings (SSSR count). The zero-order valence-electron chi connectivity index (χ0n) is 16.6. The Morgan fingerprint density at radius 1 is 1.33 bits per heavy atom. The Labute approximate surface area is 178 Å². The summed E-state index contributed by atoms with van der Waals surface area (Å²) in [6.45, 7) is 2.48. The highest BCUT2D eigenvalue weighted by molar-refractivity contribution is 6.19. The van der Waals surface area contributed by atoms with Crippen LogP contribution in [0.1, 0.15) is 27.4 Å². The molecule has 3 aromatic carbocycles. The van der Waals surface area contributed by atoms with Crippen LogP contribution in [0.25, 0.3) is 21.8 Å². The Kier molecular flexibility index (Phi) is 4.33. The van der Waals surface area contributed by atoms with Crippen molar-refractivity contribution >= 4 is 45.0 Å². The summed E-state index contributed by atoms with van der Waals surface area (Å²) in [7, 11) is 1.54. The van der Waals surface area contributed by atoms with Gasteiger partial charge in [0.05, 0.1) is 23.8 Å². The van der Waals surface area contributed by atoms with Gasteiger partial charge in [0.2, 0.25) is 0 Å². The fourth-order valence-corrected chi connectivity index (χ4v) is 4.64. The first-order valence-corrected chi connectivity index (χ1v) is 10.2. The van der Waals surface area contributed by atoms with Crippen molar-refractivity contribution in [2.45, 2.75) is 12.8 Å². The van der Waals surface area contributed by atoms with E-state index in [1.54, 1.807) is 29.2 Å². The molecule has 152 valence electrons. The van der Waals surface area contributed by atoms with Crippen LogP contribution in [0.4, 0.5) is 5.69 Å². The molecule has 0 radical (unpaired) electrons. The number of hydrogen-bond acceptors (Lipinski definition) is 4. The standard InChI is InChI=1S/C23H20ClN3O3/c1-12-4-3-5-15-19(28)9-18-21(20(12)15)14(10-24)11-27(18)22(29)13-6-7-16-17(8-13)26-23(25-16)30-2/h3-9,14,28H,10-11H2,1-2H3,(H,25,26). The number of rotatable bonds is 3. The monoisotopic (exact) mass is 421 g/mol. The van der Waals surface area contributed by atoms with E-state index < -0.39 is 0 Å². The molecular formula is C23H20ClN3O3. The fraction of sp³-hybridized carbons (Fsp3) is 0.217. The first-order valence-electron chi connectivity index (χ1n) is 9.68. The second-order valence-corrected chi connectivity index (χ2v) is 7.88. The number of halogens is 1. The van der Waals surface area contributed by atoms with Crippen LogP contribution in [-0.4, -0.2) is 40.5 Å². The Morgan fingerprint density at radius 3 is 2.93 bits per heavy atom. The molecule has 4 aromatic rings. The molecule has 0 fully saturated rings. The number of aromatic amines is 1. The summed E-state index contributed by atoms with van der Waals surface area (Å²) in [4.78, 5) is 22.5. The molecule has 0 spiro atoms. The van der Waals surface area contributed by atoms with Crippen molar-refractivity contribution < 1.29 is 14.6 Å². The van der Waals surface area contributed by atoms with E-state index in [-0.39, 0.29) is 17.6 Å². The number of aromatic nitrogens is 2. The zero-order valence-corrected chi connectivity index (χ0v) is 17.3. The number of phenolic OH excluding ortho intramolecular Hbond substituents is 1. The normalized spacial score (nSPS) is 15.7. The maximum atomic E-state index is 13.5. The van der Waals surface area contributed by atoms with Crippen molar-refractivity contribution in [1.29, 1.82) is 0 Å². The van der Waals surface area contributed by atoms with Gasteiger partial charge in [0.25, 0.3) is 11.9 Å². The lowest BCUT2D eigenvalue weighted by molar-refractivity contribution is 0.0988. The fourth-order valence-electron chi connectivity index (χ4n) is 4.39. The number of imidazole rings is 1. The lowest BCUT2D eigenvalue weighted by atomic mass is 9.92. The molecule has 1 atom stereocenters. The topological polar surface area (TPSA) is 78.4 Å². The number of carbonyl (C=O) groups excluding carboxylic acids is 1. The zero-order chi connectivity index (χ0) is 21.0. The number of nitrogens with one attached hydrogen (secondary N) is 1. The van der Waals surface area contributed by atoms with Crippen LogP contribution >= 0.6 is 11.6 Å². The van der Waals surface area contributed by atoms with Gasteiger partial charge in [-0.1, -0.05) is 18.2 Å². The largest absolute Gasteiger partial charge is 0.507 e. The lowest BCUT2D eigenvalue weighted by Crippen LogP contribution is -2.30. The molecule has 30 heavy (non-hydrogen) atoms. The first-order chi connectivity index (χ1) is 14.5. The van der Waals surface area contributed by atoms with Crippen molar-refractivity contribution in [2.24, 2.45) is 0 Å². The molecule has 1 aliphatic heterocycles. The lowest BCUT2D eigenvalue weighted by Gasteiger charge is -2.19. The van der Waals surface area contributed by atoms with E-state index in [4.69, 9.17) is 16.3 Å². The van der Waals surface area contributed by atoms with E-state index in [0.29, 0.717) is 29.7 Å². The number of carbonyl (C=O) groups is 1. The molecule has 2 heterocycles. The van der Waals surface area contributed by atoms with Gasteiger partial charge in [0, 0.05) is 35.4 Å². The number of ether oxygens (including phenoxy) is 1. The summed E-state index contributed by atoms with van der Waals surface area (Å²) in [5.41, 5.74) is 4.77. The summed E-state index contributed by atoms with van der Waals surface area (Å²) < 4.78 is 5.14. The van der Waals surface area contributed by atoms with Gasteiger partial charge < -0.3 is 19.7 Å². The van der Waals surface area contributed by atoms with Crippen LogP contribution in [0.2, 0.25) is 0 Å². The number of amides is 1. The van der Waals surface area contributed by atoms with Crippen molar-refractivity contribution in [3.05, 3.63) is 59.2 Å². The number of hydrogen-bond donors (Lipinski definition) is 2. The third-order valence-corrected chi connectivity index (χ3v) is 6.17. The third kappa shape index (κ3) is 2.71. The van der Waals surface area contributed by atoms with Crippen LogP contribution in [-0.2, 0) is 0 Å². The van der Waals surface area contributed by atoms with Gasteiger partial charge in [-0.3, -0.25) is 4.79 Å². The molecule has 0 saturated carbocycles. The number of H-pyrrole nitrogens is 1. The minimum atomic E-state index is -0.147. The second kappa shape index (κ2) is 6.92. The number of benzene rings is 3. The van der Waals surface area contributed by atoms with Crippen molar-refractivity contribution in [3.8, 4) is 11.8 Å². The summed E-state index contributed by atoms with van der Waals surface area (Å²) in [6, 6.07) is 13.2. The van der Waals surface area contributed by atoms with Gasteiger partial charge in [0.1, 0.15) is 5.75 Å². The minimum absolute atomic E-state index is 0.00852. The number of fused-ring (bicyclic) bond motifs is 4. The molecule has 0 aliphatic carbocycles. The van der Waals surface area contributed by atoms with E-state index in [2.05, 4.69) is 9.97 Å². The molecule has 2 N–H and O–H groups in total. The van der Waals surface area contributed by atoms with Gasteiger partial charge in [-0.2, -0.15) is 4.98 Å². The number of alkyl halides is 1. The number of anilines is 1. The van der Waals surface area contributed by atoms with E-state index >= 15 is 0 Å². The first kappa shape index (κ1) is 18.8. The molecule has 1 aliphatic rings. The molecule has 0 saturated heterocycles. The minimum Gasteiger partial charge on any atom is -0.507 e. The molecule has 1 aromatic heterocycles. The highest BCUT2D eigenvalue weighted by Gasteiger charge is 2.35. The molecule has 1 amide bonds. The third-order valence-electron chi connectivity index (χ3n) is 5.80. The van der Waals surface area contributed by atoms with Gasteiger partial charge in [0.15, 0.2) is 0 Å². The highest BCUT2D eigenvalue weighted by atomic mass is 35.5. The van der Waals surface area contributed by atoms with Crippen LogP contribution in [0, 0.1) is 6.92 Å². The SMILES string of the molecule is COc1nc2ccc(C(=O)N3CC(CCl)c4c3cc(O)c3cccc(C)c43)cc2[nH]1. The quantitative estimate of drug-likeness (QED) is 0.469. The molecular weight excluding hydrogens is 402 g/mol. The average molecular weight is 422 g/mol. The summed E-state index contributed by atoms with van der Waals surface area (Å²) in [5, 5.41) is 12.4. The Hall–Kier alpha value is -3.25. The Balaban J connectivity index is 1.64. The smallest absolute Gasteiger partial charge is 0.294 e. The van der Waals surface area contributed by atoms with Crippen LogP contribution in [0.3, 0.4) is 0 Å². The van der Waals surface area contributed by atoms with Crippen LogP contribution in [0.15, 0.2) is 42.5 Å². The number of aryl methyl sites for hydroxylation is 1. The maximum absolute atomic E-state index is 13.5. The number of aromatic hydroxyl groups is 1. The Morgan fingerprint density at radius 2 is 2.17 bits per heavy atom. The number of nitrogens with zero attached hydrogens (tertiary/aromatic N) is 2. The number of phenols is 1. The average Bonchev–Trinajstić information content (AvgIpc) is 3.33. The van der Waals surface area contributed by atoms with Crippen molar-refractivity contribution in [2.75, 3.05) is 24.4 Å². The molecule has 6 nitrogen and oxygen atoms in total. The molecule has 0 bridgehead atoms. The summed E-state index contributed by atoms with van der Waals surface area (Å²) >= 11 is 6.31. The highest BCUT2D eigenvalue weighted by Crippen LogP contribution is 2.46. The van der Waals surface area contributed by atoms with E-state index in [1.807, 2.05) is 25.1 Å². The van der Waals surface area contributed by atoms with Crippen molar-refractivity contribution in [3.63, 3.8) is 0 Å². The van der Waals surface area contributed by atoms with E-state index in [0.717, 1.165) is 32.9 Å². The predicted molar refractivity (Wildman–Crippen MR) is 118 cm³/mol. The Bertz CT molecular complexity index is 1310. The van der Waals surface area contributed by atoms with Crippen molar-refractivity contribution in [1.82, 2.24) is 9.97 Å². The number of methoxy groups -OCH3 is 1. The predicted octanol–water partition coefficient (Wildman–Crippen LogP) is 4.72. The van der Waals surface area contributed by atoms with Gasteiger partial charge >= 0.3 is 0 Å². The van der Waals surface area contributed by atoms with Gasteiger partial charge in [-0.15, -0.1) is 11.6 Å². The summed E-state index contributed by atoms with van der Waals surface area (Å²) in [6.07, 6.45) is 0. The van der Waals surface area contributed by atoms with Crippen LogP contribution < -0.4 is 9.64 Å². The maximum Gasteiger partial charge on any atom is 0.294 e. The van der Waals surface area contributed by atoms with Gasteiger partial charge in [-0.05, 0) is 41.6 Å². The van der Waals surface area contributed by atoms with Crippen LogP contribution in [0.5, 0.6) is 11.8 Å². The second-order valence-electron chi connectivity index (χ2n) is 7.57.